The van der Waals surface area contributed by atoms with Gasteiger partial charge in [0.15, 0.2) is 0 Å². The minimum atomic E-state index is -2.48. The van der Waals surface area contributed by atoms with Crippen LogP contribution < -0.4 is 0 Å². The van der Waals surface area contributed by atoms with Crippen LogP contribution in [0.1, 0.15) is 67.0 Å². The fourth-order valence-electron chi connectivity index (χ4n) is 3.74. The summed E-state index contributed by atoms with van der Waals surface area (Å²) in [5.41, 5.74) is 3.20. The summed E-state index contributed by atoms with van der Waals surface area (Å²) < 4.78 is 30.6. The van der Waals surface area contributed by atoms with Crippen molar-refractivity contribution in [2.75, 3.05) is 0 Å². The van der Waals surface area contributed by atoms with Gasteiger partial charge in [0.05, 0.1) is 6.42 Å². The van der Waals surface area contributed by atoms with E-state index in [-0.39, 0.29) is 5.56 Å². The molecule has 0 aliphatic heterocycles. The van der Waals surface area contributed by atoms with Crippen molar-refractivity contribution >= 4 is 0 Å². The highest BCUT2D eigenvalue weighted by atomic mass is 19.3. The molecule has 0 N–H and O–H groups in total. The molecule has 0 amide bonds. The Morgan fingerprint density at radius 1 is 0.926 bits per heavy atom. The first-order valence-corrected chi connectivity index (χ1v) is 9.49. The predicted molar refractivity (Wildman–Crippen MR) is 99.8 cm³/mol. The summed E-state index contributed by atoms with van der Waals surface area (Å²) >= 11 is 0. The summed E-state index contributed by atoms with van der Waals surface area (Å²) in [4.78, 5) is 4.40. The van der Waals surface area contributed by atoms with Crippen molar-refractivity contribution in [2.24, 2.45) is 0 Å². The minimum absolute atomic E-state index is 0.0134. The Morgan fingerprint density at radius 2 is 1.63 bits per heavy atom. The molecule has 140 valence electrons. The van der Waals surface area contributed by atoms with Gasteiger partial charge in [-0.1, -0.05) is 73.0 Å². The van der Waals surface area contributed by atoms with Gasteiger partial charge in [0.2, 0.25) is 11.7 Å². The normalized spacial score (nSPS) is 15.4. The Bertz CT molecular complexity index is 866. The summed E-state index contributed by atoms with van der Waals surface area (Å²) in [6, 6.07) is 14.7. The van der Waals surface area contributed by atoms with Crippen molar-refractivity contribution in [1.29, 1.82) is 0 Å². The van der Waals surface area contributed by atoms with E-state index in [2.05, 4.69) is 34.4 Å². The molecule has 0 spiro atoms. The predicted octanol–water partition coefficient (Wildman–Crippen LogP) is 6.31. The molecule has 1 heterocycles. The molecule has 3 aromatic rings. The van der Waals surface area contributed by atoms with Crippen molar-refractivity contribution in [1.82, 2.24) is 10.1 Å². The number of benzene rings is 2. The molecule has 3 nitrogen and oxygen atoms in total. The van der Waals surface area contributed by atoms with E-state index in [0.717, 1.165) is 5.56 Å². The maximum atomic E-state index is 12.6. The molecule has 1 saturated carbocycles. The number of hydrogen-bond donors (Lipinski definition) is 0. The molecule has 4 rings (SSSR count). The number of rotatable bonds is 5. The molecule has 1 aliphatic carbocycles. The lowest BCUT2D eigenvalue weighted by Gasteiger charge is -2.22. The minimum Gasteiger partial charge on any atom is -0.339 e. The van der Waals surface area contributed by atoms with E-state index < -0.39 is 6.43 Å². The van der Waals surface area contributed by atoms with Gasteiger partial charge in [-0.05, 0) is 29.9 Å². The van der Waals surface area contributed by atoms with Crippen LogP contribution in [0.25, 0.3) is 11.4 Å². The van der Waals surface area contributed by atoms with E-state index >= 15 is 0 Å². The smallest absolute Gasteiger partial charge is 0.263 e. The van der Waals surface area contributed by atoms with Crippen molar-refractivity contribution in [3.63, 3.8) is 0 Å². The molecule has 0 unspecified atom stereocenters. The molecule has 5 heteroatoms. The van der Waals surface area contributed by atoms with Crippen LogP contribution in [0.5, 0.6) is 0 Å². The van der Waals surface area contributed by atoms with Crippen molar-refractivity contribution in [3.8, 4) is 11.4 Å². The second-order valence-corrected chi connectivity index (χ2v) is 7.19. The van der Waals surface area contributed by atoms with Gasteiger partial charge in [0, 0.05) is 11.1 Å². The monoisotopic (exact) mass is 368 g/mol. The highest BCUT2D eigenvalue weighted by Crippen LogP contribution is 2.32. The van der Waals surface area contributed by atoms with Crippen molar-refractivity contribution in [2.45, 2.75) is 50.9 Å². The summed E-state index contributed by atoms with van der Waals surface area (Å²) in [5, 5.41) is 3.97. The molecule has 1 fully saturated rings. The quantitative estimate of drug-likeness (QED) is 0.529. The summed E-state index contributed by atoms with van der Waals surface area (Å²) in [7, 11) is 0. The van der Waals surface area contributed by atoms with Crippen LogP contribution in [0, 0.1) is 0 Å². The van der Waals surface area contributed by atoms with Crippen LogP contribution in [0.15, 0.2) is 53.1 Å². The molecular weight excluding hydrogens is 346 g/mol. The maximum absolute atomic E-state index is 12.6. The molecule has 0 radical (unpaired) electrons. The molecule has 1 aromatic heterocycles. The zero-order chi connectivity index (χ0) is 18.6. The van der Waals surface area contributed by atoms with Gasteiger partial charge in [0.1, 0.15) is 0 Å². The van der Waals surface area contributed by atoms with E-state index in [1.165, 1.54) is 49.8 Å². The number of nitrogens with zero attached hydrogens (tertiary/aromatic N) is 2. The summed E-state index contributed by atoms with van der Waals surface area (Å²) in [6.45, 7) is 0. The van der Waals surface area contributed by atoms with E-state index in [4.69, 9.17) is 4.52 Å². The fraction of sp³-hybridized carbons (Fsp3) is 0.364. The third-order valence-corrected chi connectivity index (χ3v) is 5.30. The van der Waals surface area contributed by atoms with Gasteiger partial charge in [0.25, 0.3) is 6.43 Å². The van der Waals surface area contributed by atoms with Gasteiger partial charge in [-0.3, -0.25) is 0 Å². The van der Waals surface area contributed by atoms with E-state index in [9.17, 15) is 8.78 Å². The first-order valence-electron chi connectivity index (χ1n) is 9.49. The van der Waals surface area contributed by atoms with Crippen molar-refractivity contribution < 1.29 is 13.3 Å². The third-order valence-electron chi connectivity index (χ3n) is 5.30. The maximum Gasteiger partial charge on any atom is 0.263 e. The number of alkyl halides is 2. The third kappa shape index (κ3) is 4.24. The van der Waals surface area contributed by atoms with Gasteiger partial charge >= 0.3 is 0 Å². The Hall–Kier alpha value is -2.56. The Balaban J connectivity index is 1.43. The van der Waals surface area contributed by atoms with Gasteiger partial charge in [-0.15, -0.1) is 0 Å². The molecule has 27 heavy (non-hydrogen) atoms. The SMILES string of the molecule is FC(F)c1ccc(-c2noc(Cc3ccc(C4CCCCC4)cc3)n2)cc1. The van der Waals surface area contributed by atoms with E-state index in [0.29, 0.717) is 29.6 Å². The van der Waals surface area contributed by atoms with Crippen LogP contribution in [0.3, 0.4) is 0 Å². The molecular formula is C22H22F2N2O. The zero-order valence-electron chi connectivity index (χ0n) is 15.1. The average molecular weight is 368 g/mol. The number of hydrogen-bond acceptors (Lipinski definition) is 3. The number of aromatic nitrogens is 2. The van der Waals surface area contributed by atoms with E-state index in [1.807, 2.05) is 0 Å². The Labute approximate surface area is 157 Å². The molecule has 0 bridgehead atoms. The first kappa shape index (κ1) is 17.8. The lowest BCUT2D eigenvalue weighted by Crippen LogP contribution is -2.04. The highest BCUT2D eigenvalue weighted by Gasteiger charge is 2.16. The van der Waals surface area contributed by atoms with E-state index in [1.54, 1.807) is 12.1 Å². The number of halogens is 2. The molecule has 0 saturated heterocycles. The van der Waals surface area contributed by atoms with Gasteiger partial charge in [-0.25, -0.2) is 8.78 Å². The Kier molecular flexibility index (Phi) is 5.28. The topological polar surface area (TPSA) is 38.9 Å². The summed E-state index contributed by atoms with van der Waals surface area (Å²) in [5.74, 6) is 1.64. The van der Waals surface area contributed by atoms with Crippen molar-refractivity contribution in [3.05, 3.63) is 71.1 Å². The lowest BCUT2D eigenvalue weighted by molar-refractivity contribution is 0.151. The second kappa shape index (κ2) is 7.99. The van der Waals surface area contributed by atoms with Crippen LogP contribution >= 0.6 is 0 Å². The van der Waals surface area contributed by atoms with Crippen LogP contribution in [0.4, 0.5) is 8.78 Å². The highest BCUT2D eigenvalue weighted by molar-refractivity contribution is 5.54. The van der Waals surface area contributed by atoms with Gasteiger partial charge in [-0.2, -0.15) is 4.98 Å². The van der Waals surface area contributed by atoms with Crippen LogP contribution in [0.2, 0.25) is 0 Å². The molecule has 0 atom stereocenters. The zero-order valence-corrected chi connectivity index (χ0v) is 15.1. The average Bonchev–Trinajstić information content (AvgIpc) is 3.18. The van der Waals surface area contributed by atoms with Crippen LogP contribution in [-0.4, -0.2) is 10.1 Å². The molecule has 1 aliphatic rings. The molecule has 2 aromatic carbocycles. The standard InChI is InChI=1S/C22H22F2N2O/c23-21(24)18-10-12-19(13-11-18)22-25-20(27-26-22)14-15-6-8-17(9-7-15)16-4-2-1-3-5-16/h6-13,16,21H,1-5,14H2. The lowest BCUT2D eigenvalue weighted by atomic mass is 9.84. The van der Waals surface area contributed by atoms with Gasteiger partial charge < -0.3 is 4.52 Å². The van der Waals surface area contributed by atoms with Crippen LogP contribution in [-0.2, 0) is 6.42 Å². The first-order chi connectivity index (χ1) is 13.2. The summed E-state index contributed by atoms with van der Waals surface area (Å²) in [6.07, 6.45) is 4.68. The Morgan fingerprint density at radius 3 is 2.30 bits per heavy atom. The fourth-order valence-corrected chi connectivity index (χ4v) is 3.74. The second-order valence-electron chi connectivity index (χ2n) is 7.19. The largest absolute Gasteiger partial charge is 0.339 e.